The predicted molar refractivity (Wildman–Crippen MR) is 74.0 cm³/mol. The van der Waals surface area contributed by atoms with Gasteiger partial charge in [0.15, 0.2) is 0 Å². The maximum atomic E-state index is 11.9. The summed E-state index contributed by atoms with van der Waals surface area (Å²) in [5, 5.41) is 9.60. The van der Waals surface area contributed by atoms with Crippen molar-refractivity contribution >= 4 is 12.0 Å². The number of hydrogen-bond donors (Lipinski definition) is 1. The topological polar surface area (TPSA) is 49.8 Å². The SMILES string of the molecule is COc1ccc(C)cc1C=CC(=O)N1CC(C)(O)C1. The number of ether oxygens (including phenoxy) is 1. The van der Waals surface area contributed by atoms with Crippen molar-refractivity contribution in [3.63, 3.8) is 0 Å². The summed E-state index contributed by atoms with van der Waals surface area (Å²) in [6.45, 7) is 4.50. The molecule has 1 fully saturated rings. The molecule has 1 aliphatic heterocycles. The van der Waals surface area contributed by atoms with E-state index < -0.39 is 5.60 Å². The molecule has 4 nitrogen and oxygen atoms in total. The van der Waals surface area contributed by atoms with Crippen molar-refractivity contribution in [3.05, 3.63) is 35.4 Å². The summed E-state index contributed by atoms with van der Waals surface area (Å²) in [7, 11) is 1.61. The zero-order valence-electron chi connectivity index (χ0n) is 11.5. The van der Waals surface area contributed by atoms with Gasteiger partial charge in [-0.05, 0) is 32.1 Å². The lowest BCUT2D eigenvalue weighted by atomic mass is 9.97. The van der Waals surface area contributed by atoms with Gasteiger partial charge in [0.05, 0.1) is 25.8 Å². The second kappa shape index (κ2) is 5.05. The third-order valence-electron chi connectivity index (χ3n) is 3.17. The molecule has 1 heterocycles. The third-order valence-corrected chi connectivity index (χ3v) is 3.17. The molecule has 0 aliphatic carbocycles. The van der Waals surface area contributed by atoms with Crippen molar-refractivity contribution in [1.29, 1.82) is 0 Å². The average molecular weight is 261 g/mol. The van der Waals surface area contributed by atoms with E-state index in [9.17, 15) is 9.90 Å². The number of amides is 1. The van der Waals surface area contributed by atoms with E-state index in [4.69, 9.17) is 4.74 Å². The van der Waals surface area contributed by atoms with Crippen molar-refractivity contribution in [3.8, 4) is 5.75 Å². The Kier molecular flexibility index (Phi) is 3.62. The number of hydrogen-bond acceptors (Lipinski definition) is 3. The van der Waals surface area contributed by atoms with Crippen LogP contribution in [-0.2, 0) is 4.79 Å². The fourth-order valence-corrected chi connectivity index (χ4v) is 2.18. The van der Waals surface area contributed by atoms with Crippen LogP contribution in [0, 0.1) is 6.92 Å². The smallest absolute Gasteiger partial charge is 0.246 e. The van der Waals surface area contributed by atoms with Crippen LogP contribution in [0.5, 0.6) is 5.75 Å². The molecule has 1 amide bonds. The van der Waals surface area contributed by atoms with Crippen LogP contribution >= 0.6 is 0 Å². The van der Waals surface area contributed by atoms with E-state index in [1.807, 2.05) is 25.1 Å². The van der Waals surface area contributed by atoms with Gasteiger partial charge in [-0.25, -0.2) is 0 Å². The van der Waals surface area contributed by atoms with Gasteiger partial charge in [-0.3, -0.25) is 4.79 Å². The second-order valence-electron chi connectivity index (χ2n) is 5.27. The maximum absolute atomic E-state index is 11.9. The summed E-state index contributed by atoms with van der Waals surface area (Å²) < 4.78 is 5.25. The number of likely N-dealkylation sites (tertiary alicyclic amines) is 1. The quantitative estimate of drug-likeness (QED) is 0.841. The van der Waals surface area contributed by atoms with E-state index in [0.717, 1.165) is 16.9 Å². The van der Waals surface area contributed by atoms with Gasteiger partial charge >= 0.3 is 0 Å². The minimum atomic E-state index is -0.732. The Bertz CT molecular complexity index is 512. The van der Waals surface area contributed by atoms with Crippen LogP contribution in [0.1, 0.15) is 18.1 Å². The Morgan fingerprint density at radius 1 is 1.47 bits per heavy atom. The number of carbonyl (C=O) groups is 1. The number of benzene rings is 1. The van der Waals surface area contributed by atoms with E-state index >= 15 is 0 Å². The van der Waals surface area contributed by atoms with Crippen LogP contribution in [0.15, 0.2) is 24.3 Å². The van der Waals surface area contributed by atoms with Crippen LogP contribution in [0.25, 0.3) is 6.08 Å². The Balaban J connectivity index is 2.06. The fraction of sp³-hybridized carbons (Fsp3) is 0.400. The van der Waals surface area contributed by atoms with Gasteiger partial charge in [-0.1, -0.05) is 11.6 Å². The fourth-order valence-electron chi connectivity index (χ4n) is 2.18. The van der Waals surface area contributed by atoms with Crippen LogP contribution in [0.4, 0.5) is 0 Å². The van der Waals surface area contributed by atoms with Gasteiger partial charge < -0.3 is 14.7 Å². The Hall–Kier alpha value is -1.81. The molecule has 19 heavy (non-hydrogen) atoms. The van der Waals surface area contributed by atoms with Crippen LogP contribution < -0.4 is 4.74 Å². The van der Waals surface area contributed by atoms with E-state index in [-0.39, 0.29) is 5.91 Å². The van der Waals surface area contributed by atoms with E-state index in [2.05, 4.69) is 0 Å². The van der Waals surface area contributed by atoms with E-state index in [1.165, 1.54) is 6.08 Å². The monoisotopic (exact) mass is 261 g/mol. The van der Waals surface area contributed by atoms with Crippen molar-refractivity contribution in [1.82, 2.24) is 4.90 Å². The van der Waals surface area contributed by atoms with Gasteiger partial charge in [0.25, 0.3) is 0 Å². The van der Waals surface area contributed by atoms with E-state index in [0.29, 0.717) is 13.1 Å². The Morgan fingerprint density at radius 3 is 2.74 bits per heavy atom. The van der Waals surface area contributed by atoms with Gasteiger partial charge in [0.2, 0.25) is 5.91 Å². The third kappa shape index (κ3) is 3.15. The first-order valence-corrected chi connectivity index (χ1v) is 6.25. The molecule has 0 aromatic heterocycles. The molecule has 0 spiro atoms. The maximum Gasteiger partial charge on any atom is 0.246 e. The summed E-state index contributed by atoms with van der Waals surface area (Å²) in [6, 6.07) is 5.81. The summed E-state index contributed by atoms with van der Waals surface area (Å²) in [6.07, 6.45) is 3.27. The lowest BCUT2D eigenvalue weighted by molar-refractivity contribution is -0.146. The van der Waals surface area contributed by atoms with Crippen LogP contribution in [-0.4, -0.2) is 41.7 Å². The molecule has 1 aromatic carbocycles. The first kappa shape index (κ1) is 13.6. The molecule has 1 saturated heterocycles. The molecule has 2 rings (SSSR count). The molecular weight excluding hydrogens is 242 g/mol. The molecule has 0 atom stereocenters. The molecule has 0 saturated carbocycles. The zero-order chi connectivity index (χ0) is 14.0. The van der Waals surface area contributed by atoms with Gasteiger partial charge in [0, 0.05) is 11.6 Å². The molecule has 4 heteroatoms. The van der Waals surface area contributed by atoms with Gasteiger partial charge in [0.1, 0.15) is 5.75 Å². The summed E-state index contributed by atoms with van der Waals surface area (Å²) in [5.74, 6) is 0.653. The molecule has 1 aromatic rings. The molecule has 1 aliphatic rings. The summed E-state index contributed by atoms with van der Waals surface area (Å²) in [5.41, 5.74) is 1.26. The number of nitrogens with zero attached hydrogens (tertiary/aromatic N) is 1. The Labute approximate surface area is 113 Å². The van der Waals surface area contributed by atoms with Crippen molar-refractivity contribution in [2.24, 2.45) is 0 Å². The van der Waals surface area contributed by atoms with Crippen LogP contribution in [0.2, 0.25) is 0 Å². The molecule has 102 valence electrons. The van der Waals surface area contributed by atoms with Gasteiger partial charge in [-0.2, -0.15) is 0 Å². The highest BCUT2D eigenvalue weighted by atomic mass is 16.5. The minimum absolute atomic E-state index is 0.0879. The van der Waals surface area contributed by atoms with Crippen molar-refractivity contribution < 1.29 is 14.6 Å². The van der Waals surface area contributed by atoms with Crippen molar-refractivity contribution in [2.45, 2.75) is 19.4 Å². The van der Waals surface area contributed by atoms with Crippen molar-refractivity contribution in [2.75, 3.05) is 20.2 Å². The first-order valence-electron chi connectivity index (χ1n) is 6.25. The predicted octanol–water partition coefficient (Wildman–Crippen LogP) is 1.61. The number of carbonyl (C=O) groups excluding carboxylic acids is 1. The molecule has 0 bridgehead atoms. The minimum Gasteiger partial charge on any atom is -0.496 e. The summed E-state index contributed by atoms with van der Waals surface area (Å²) >= 11 is 0. The highest BCUT2D eigenvalue weighted by Crippen LogP contribution is 2.23. The molecule has 1 N–H and O–H groups in total. The number of rotatable bonds is 3. The molecular formula is C15H19NO3. The van der Waals surface area contributed by atoms with E-state index in [1.54, 1.807) is 25.0 Å². The average Bonchev–Trinajstić information content (AvgIpc) is 2.33. The number of aliphatic hydroxyl groups is 1. The highest BCUT2D eigenvalue weighted by Gasteiger charge is 2.38. The molecule has 0 unspecified atom stereocenters. The number of methoxy groups -OCH3 is 1. The normalized spacial score (nSPS) is 17.4. The lowest BCUT2D eigenvalue weighted by Crippen LogP contribution is -2.61. The highest BCUT2D eigenvalue weighted by molar-refractivity contribution is 5.92. The molecule has 0 radical (unpaired) electrons. The number of β-amino-alcohol motifs (C(OH)–C–C–N with tert-alkyl or cyclic N) is 1. The zero-order valence-corrected chi connectivity index (χ0v) is 11.5. The summed E-state index contributed by atoms with van der Waals surface area (Å²) in [4.78, 5) is 13.5. The largest absolute Gasteiger partial charge is 0.496 e. The second-order valence-corrected chi connectivity index (χ2v) is 5.27. The standard InChI is InChI=1S/C15H19NO3/c1-11-4-6-13(19-3)12(8-11)5-7-14(17)16-9-15(2,18)10-16/h4-8,18H,9-10H2,1-3H3. The Morgan fingerprint density at radius 2 is 2.16 bits per heavy atom. The van der Waals surface area contributed by atoms with Crippen LogP contribution in [0.3, 0.4) is 0 Å². The number of aryl methyl sites for hydroxylation is 1. The lowest BCUT2D eigenvalue weighted by Gasteiger charge is -2.43. The first-order chi connectivity index (χ1) is 8.91. The van der Waals surface area contributed by atoms with Gasteiger partial charge in [-0.15, -0.1) is 0 Å².